The van der Waals surface area contributed by atoms with Gasteiger partial charge in [-0.25, -0.2) is 9.97 Å². The monoisotopic (exact) mass is 361 g/mol. The molecule has 5 heteroatoms. The molecule has 0 aliphatic carbocycles. The van der Waals surface area contributed by atoms with Gasteiger partial charge in [-0.1, -0.05) is 34.1 Å². The van der Waals surface area contributed by atoms with Crippen molar-refractivity contribution in [3.8, 4) is 0 Å². The molecular formula is C16H16BrN3S. The molecule has 0 bridgehead atoms. The molecule has 0 aliphatic heterocycles. The van der Waals surface area contributed by atoms with E-state index in [1.807, 2.05) is 19.1 Å². The Morgan fingerprint density at radius 2 is 2.05 bits per heavy atom. The van der Waals surface area contributed by atoms with Gasteiger partial charge in [0.05, 0.1) is 22.8 Å². The third-order valence-corrected chi connectivity index (χ3v) is 4.78. The van der Waals surface area contributed by atoms with Crippen LogP contribution in [0.2, 0.25) is 0 Å². The molecule has 2 aromatic heterocycles. The van der Waals surface area contributed by atoms with Gasteiger partial charge in [-0.3, -0.25) is 0 Å². The highest BCUT2D eigenvalue weighted by Crippen LogP contribution is 2.26. The van der Waals surface area contributed by atoms with Gasteiger partial charge in [0, 0.05) is 28.7 Å². The predicted octanol–water partition coefficient (Wildman–Crippen LogP) is 4.53. The van der Waals surface area contributed by atoms with Gasteiger partial charge >= 0.3 is 0 Å². The number of nitrogens with zero attached hydrogens (tertiary/aromatic N) is 3. The predicted molar refractivity (Wildman–Crippen MR) is 93.3 cm³/mol. The minimum atomic E-state index is 0.773. The van der Waals surface area contributed by atoms with Crippen LogP contribution in [-0.4, -0.2) is 17.0 Å². The van der Waals surface area contributed by atoms with Crippen LogP contribution in [0.4, 0.5) is 5.82 Å². The second kappa shape index (κ2) is 6.12. The van der Waals surface area contributed by atoms with Gasteiger partial charge in [0.1, 0.15) is 5.82 Å². The number of hydrogen-bond acceptors (Lipinski definition) is 4. The zero-order valence-corrected chi connectivity index (χ0v) is 14.4. The normalized spacial score (nSPS) is 11.0. The van der Waals surface area contributed by atoms with Crippen molar-refractivity contribution in [1.29, 1.82) is 0 Å². The van der Waals surface area contributed by atoms with Crippen molar-refractivity contribution >= 4 is 44.0 Å². The van der Waals surface area contributed by atoms with Gasteiger partial charge in [-0.05, 0) is 19.1 Å². The average Bonchev–Trinajstić information content (AvgIpc) is 2.90. The van der Waals surface area contributed by atoms with Crippen LogP contribution in [0.1, 0.15) is 16.3 Å². The van der Waals surface area contributed by atoms with E-state index in [0.717, 1.165) is 33.9 Å². The number of benzene rings is 1. The van der Waals surface area contributed by atoms with E-state index < -0.39 is 0 Å². The zero-order valence-electron chi connectivity index (χ0n) is 12.0. The van der Waals surface area contributed by atoms with E-state index in [1.165, 1.54) is 10.9 Å². The van der Waals surface area contributed by atoms with Crippen molar-refractivity contribution in [1.82, 2.24) is 9.97 Å². The Morgan fingerprint density at radius 1 is 1.24 bits per heavy atom. The SMILES string of the molecule is Cc1nc(CN(C)c2nc3ccccc3cc2CBr)cs1. The number of aryl methyl sites for hydroxylation is 1. The maximum Gasteiger partial charge on any atom is 0.133 e. The number of alkyl halides is 1. The number of fused-ring (bicyclic) bond motifs is 1. The molecule has 0 saturated carbocycles. The maximum absolute atomic E-state index is 4.82. The van der Waals surface area contributed by atoms with Crippen LogP contribution >= 0.6 is 27.3 Å². The van der Waals surface area contributed by atoms with Gasteiger partial charge in [-0.15, -0.1) is 11.3 Å². The Labute approximate surface area is 136 Å². The molecule has 21 heavy (non-hydrogen) atoms. The Bertz CT molecular complexity index is 769. The highest BCUT2D eigenvalue weighted by Gasteiger charge is 2.12. The summed E-state index contributed by atoms with van der Waals surface area (Å²) in [6.07, 6.45) is 0. The van der Waals surface area contributed by atoms with Gasteiger partial charge in [-0.2, -0.15) is 0 Å². The largest absolute Gasteiger partial charge is 0.353 e. The molecule has 0 saturated heterocycles. The first-order chi connectivity index (χ1) is 10.2. The second-order valence-electron chi connectivity index (χ2n) is 5.01. The van der Waals surface area contributed by atoms with E-state index in [9.17, 15) is 0 Å². The first-order valence-corrected chi connectivity index (χ1v) is 8.74. The molecule has 0 amide bonds. The number of rotatable bonds is 4. The van der Waals surface area contributed by atoms with Gasteiger partial charge in [0.2, 0.25) is 0 Å². The van der Waals surface area contributed by atoms with Crippen molar-refractivity contribution in [2.45, 2.75) is 18.8 Å². The molecule has 0 radical (unpaired) electrons. The summed E-state index contributed by atoms with van der Waals surface area (Å²) in [5.74, 6) is 1.01. The lowest BCUT2D eigenvalue weighted by molar-refractivity contribution is 0.868. The quantitative estimate of drug-likeness (QED) is 0.639. The van der Waals surface area contributed by atoms with Crippen molar-refractivity contribution in [2.24, 2.45) is 0 Å². The first kappa shape index (κ1) is 14.5. The van der Waals surface area contributed by atoms with Crippen LogP contribution < -0.4 is 4.90 Å². The fraction of sp³-hybridized carbons (Fsp3) is 0.250. The summed E-state index contributed by atoms with van der Waals surface area (Å²) < 4.78 is 0. The summed E-state index contributed by atoms with van der Waals surface area (Å²) in [6, 6.07) is 10.4. The molecule has 108 valence electrons. The summed E-state index contributed by atoms with van der Waals surface area (Å²) in [6.45, 7) is 2.81. The second-order valence-corrected chi connectivity index (χ2v) is 6.63. The lowest BCUT2D eigenvalue weighted by Crippen LogP contribution is -2.19. The fourth-order valence-electron chi connectivity index (χ4n) is 2.38. The van der Waals surface area contributed by atoms with Crippen LogP contribution in [-0.2, 0) is 11.9 Å². The Morgan fingerprint density at radius 3 is 2.76 bits per heavy atom. The molecule has 0 aliphatic rings. The fourth-order valence-corrected chi connectivity index (χ4v) is 3.39. The minimum absolute atomic E-state index is 0.773. The van der Waals surface area contributed by atoms with E-state index in [2.05, 4.69) is 56.4 Å². The number of para-hydroxylation sites is 1. The van der Waals surface area contributed by atoms with Crippen molar-refractivity contribution in [3.05, 3.63) is 52.0 Å². The van der Waals surface area contributed by atoms with Crippen LogP contribution in [0, 0.1) is 6.92 Å². The third-order valence-electron chi connectivity index (χ3n) is 3.35. The lowest BCUT2D eigenvalue weighted by Gasteiger charge is -2.20. The topological polar surface area (TPSA) is 29.0 Å². The zero-order chi connectivity index (χ0) is 14.8. The molecule has 3 rings (SSSR count). The average molecular weight is 362 g/mol. The number of pyridine rings is 1. The summed E-state index contributed by atoms with van der Waals surface area (Å²) in [7, 11) is 2.07. The highest BCUT2D eigenvalue weighted by molar-refractivity contribution is 9.08. The van der Waals surface area contributed by atoms with Crippen molar-refractivity contribution < 1.29 is 0 Å². The third kappa shape index (κ3) is 3.09. The van der Waals surface area contributed by atoms with Crippen LogP contribution in [0.15, 0.2) is 35.7 Å². The molecule has 1 aromatic carbocycles. The lowest BCUT2D eigenvalue weighted by atomic mass is 10.1. The first-order valence-electron chi connectivity index (χ1n) is 6.74. The summed E-state index contributed by atoms with van der Waals surface area (Å²) in [5.41, 5.74) is 3.32. The number of aromatic nitrogens is 2. The molecule has 0 fully saturated rings. The van der Waals surface area contributed by atoms with Gasteiger partial charge in [0.15, 0.2) is 0 Å². The summed E-state index contributed by atoms with van der Waals surface area (Å²) >= 11 is 5.26. The number of halogens is 1. The molecule has 3 aromatic rings. The number of hydrogen-bond donors (Lipinski definition) is 0. The van der Waals surface area contributed by atoms with Crippen molar-refractivity contribution in [2.75, 3.05) is 11.9 Å². The van der Waals surface area contributed by atoms with E-state index in [1.54, 1.807) is 11.3 Å². The van der Waals surface area contributed by atoms with Crippen LogP contribution in [0.25, 0.3) is 10.9 Å². The maximum atomic E-state index is 4.82. The highest BCUT2D eigenvalue weighted by atomic mass is 79.9. The van der Waals surface area contributed by atoms with E-state index in [0.29, 0.717) is 0 Å². The smallest absolute Gasteiger partial charge is 0.133 e. The molecule has 2 heterocycles. The molecular weight excluding hydrogens is 346 g/mol. The number of thiazole rings is 1. The van der Waals surface area contributed by atoms with Crippen molar-refractivity contribution in [3.63, 3.8) is 0 Å². The molecule has 0 N–H and O–H groups in total. The Balaban J connectivity index is 1.97. The molecule has 0 atom stereocenters. The van der Waals surface area contributed by atoms with E-state index in [4.69, 9.17) is 4.98 Å². The summed E-state index contributed by atoms with van der Waals surface area (Å²) in [5, 5.41) is 5.18. The van der Waals surface area contributed by atoms with Gasteiger partial charge < -0.3 is 4.90 Å². The summed E-state index contributed by atoms with van der Waals surface area (Å²) in [4.78, 5) is 11.5. The molecule has 0 unspecified atom stereocenters. The molecule has 0 spiro atoms. The minimum Gasteiger partial charge on any atom is -0.353 e. The van der Waals surface area contributed by atoms with Crippen LogP contribution in [0.3, 0.4) is 0 Å². The van der Waals surface area contributed by atoms with E-state index >= 15 is 0 Å². The Kier molecular flexibility index (Phi) is 4.22. The molecule has 3 nitrogen and oxygen atoms in total. The number of anilines is 1. The standard InChI is InChI=1S/C16H16BrN3S/c1-11-18-14(10-21-11)9-20(2)16-13(8-17)7-12-5-3-4-6-15(12)19-16/h3-7,10H,8-9H2,1-2H3. The Hall–Kier alpha value is -1.46. The van der Waals surface area contributed by atoms with Gasteiger partial charge in [0.25, 0.3) is 0 Å². The van der Waals surface area contributed by atoms with Crippen LogP contribution in [0.5, 0.6) is 0 Å². The van der Waals surface area contributed by atoms with E-state index in [-0.39, 0.29) is 0 Å².